The van der Waals surface area contributed by atoms with Crippen molar-refractivity contribution >= 4 is 25.2 Å². The summed E-state index contributed by atoms with van der Waals surface area (Å²) in [6.45, 7) is 0.373. The Balaban J connectivity index is 1.86. The van der Waals surface area contributed by atoms with E-state index in [-0.39, 0.29) is 35.6 Å². The molecule has 0 amide bonds. The van der Waals surface area contributed by atoms with Crippen LogP contribution in [0.25, 0.3) is 0 Å². The van der Waals surface area contributed by atoms with Crippen LogP contribution in [-0.4, -0.2) is 34.3 Å². The minimum Gasteiger partial charge on any atom is -0.489 e. The average molecular weight is 378 g/mol. The molecule has 3 aromatic carbocycles. The monoisotopic (exact) mass is 378 g/mol. The summed E-state index contributed by atoms with van der Waals surface area (Å²) >= 11 is 0. The van der Waals surface area contributed by atoms with E-state index in [0.717, 1.165) is 11.1 Å². The van der Waals surface area contributed by atoms with E-state index in [2.05, 4.69) is 0 Å². The van der Waals surface area contributed by atoms with Crippen molar-refractivity contribution in [3.05, 3.63) is 83.9 Å². The van der Waals surface area contributed by atoms with E-state index in [1.165, 1.54) is 12.1 Å². The van der Waals surface area contributed by atoms with Gasteiger partial charge in [-0.05, 0) is 23.3 Å². The van der Waals surface area contributed by atoms with Gasteiger partial charge in [0, 0.05) is 10.9 Å². The molecule has 3 rings (SSSR count). The summed E-state index contributed by atoms with van der Waals surface area (Å²) < 4.78 is 11.4. The maximum absolute atomic E-state index is 9.74. The summed E-state index contributed by atoms with van der Waals surface area (Å²) in [5.74, 6) is 0.267. The maximum atomic E-state index is 9.74. The van der Waals surface area contributed by atoms with E-state index in [9.17, 15) is 20.1 Å². The summed E-state index contributed by atoms with van der Waals surface area (Å²) in [5, 5.41) is 38.9. The largest absolute Gasteiger partial charge is 0.492 e. The van der Waals surface area contributed by atoms with Gasteiger partial charge in [0.2, 0.25) is 0 Å². The average Bonchev–Trinajstić information content (AvgIpc) is 2.71. The molecule has 4 N–H and O–H groups in total. The number of hydrogen-bond acceptors (Lipinski definition) is 6. The van der Waals surface area contributed by atoms with Gasteiger partial charge in [-0.2, -0.15) is 0 Å². The third-order valence-electron chi connectivity index (χ3n) is 4.17. The minimum atomic E-state index is -1.81. The van der Waals surface area contributed by atoms with Gasteiger partial charge < -0.3 is 29.6 Å². The van der Waals surface area contributed by atoms with Crippen LogP contribution in [-0.2, 0) is 13.2 Å². The van der Waals surface area contributed by atoms with Crippen LogP contribution >= 0.6 is 0 Å². The molecule has 0 aliphatic rings. The molecule has 0 atom stereocenters. The Labute approximate surface area is 163 Å². The first-order chi connectivity index (χ1) is 13.5. The van der Waals surface area contributed by atoms with Crippen LogP contribution < -0.4 is 20.4 Å². The first-order valence-corrected chi connectivity index (χ1v) is 8.78. The van der Waals surface area contributed by atoms with Crippen molar-refractivity contribution in [1.82, 2.24) is 0 Å². The molecule has 0 fully saturated rings. The Bertz CT molecular complexity index is 813. The van der Waals surface area contributed by atoms with Crippen LogP contribution in [0.15, 0.2) is 72.8 Å². The number of ether oxygens (including phenoxy) is 2. The van der Waals surface area contributed by atoms with Gasteiger partial charge in [-0.3, -0.25) is 0 Å². The fourth-order valence-electron chi connectivity index (χ4n) is 2.72. The summed E-state index contributed by atoms with van der Waals surface area (Å²) in [6.07, 6.45) is 0. The zero-order chi connectivity index (χ0) is 19.9. The summed E-state index contributed by atoms with van der Waals surface area (Å²) in [7, 11) is -3.62. The number of benzene rings is 3. The normalized spacial score (nSPS) is 10.4. The van der Waals surface area contributed by atoms with Gasteiger partial charge >= 0.3 is 14.2 Å². The second kappa shape index (κ2) is 9.43. The lowest BCUT2D eigenvalue weighted by Gasteiger charge is -2.17. The molecule has 0 aliphatic carbocycles. The molecule has 3 aromatic rings. The molecule has 0 saturated carbocycles. The molecular weight excluding hydrogens is 358 g/mol. The van der Waals surface area contributed by atoms with Crippen LogP contribution in [0.3, 0.4) is 0 Å². The molecule has 0 unspecified atom stereocenters. The number of hydrogen-bond donors (Lipinski definition) is 4. The zero-order valence-electron chi connectivity index (χ0n) is 15.1. The third-order valence-corrected chi connectivity index (χ3v) is 4.17. The van der Waals surface area contributed by atoms with Gasteiger partial charge in [0.15, 0.2) is 0 Å². The second-order valence-corrected chi connectivity index (χ2v) is 6.22. The maximum Gasteiger partial charge on any atom is 0.492 e. The van der Waals surface area contributed by atoms with E-state index in [4.69, 9.17) is 9.47 Å². The van der Waals surface area contributed by atoms with Crippen molar-refractivity contribution in [2.45, 2.75) is 13.2 Å². The molecule has 0 aromatic heterocycles. The van der Waals surface area contributed by atoms with E-state index in [1.807, 2.05) is 60.7 Å². The third kappa shape index (κ3) is 5.15. The van der Waals surface area contributed by atoms with Crippen LogP contribution in [0, 0.1) is 0 Å². The number of rotatable bonds is 8. The Kier molecular flexibility index (Phi) is 6.73. The molecule has 0 bridgehead atoms. The van der Waals surface area contributed by atoms with Crippen molar-refractivity contribution in [2.24, 2.45) is 0 Å². The molecule has 6 nitrogen and oxygen atoms in total. The van der Waals surface area contributed by atoms with Crippen LogP contribution in [0.5, 0.6) is 11.5 Å². The standard InChI is InChI=1S/C20H20B2O6/c23-21(24)17-12-20(28-14-16-9-5-2-6-10-16)18(22(25)26)11-19(17)27-13-15-7-3-1-4-8-15/h1-12,23-26H,13-14H2. The van der Waals surface area contributed by atoms with Crippen molar-refractivity contribution in [3.63, 3.8) is 0 Å². The van der Waals surface area contributed by atoms with Crippen LogP contribution in [0.4, 0.5) is 0 Å². The van der Waals surface area contributed by atoms with E-state index in [0.29, 0.717) is 0 Å². The van der Waals surface area contributed by atoms with Crippen molar-refractivity contribution in [3.8, 4) is 11.5 Å². The molecule has 0 saturated heterocycles. The highest BCUT2D eigenvalue weighted by atomic mass is 16.5. The van der Waals surface area contributed by atoms with Gasteiger partial charge in [-0.1, -0.05) is 60.7 Å². The quantitative estimate of drug-likeness (QED) is 0.419. The van der Waals surface area contributed by atoms with E-state index in [1.54, 1.807) is 0 Å². The van der Waals surface area contributed by atoms with Gasteiger partial charge in [0.05, 0.1) is 0 Å². The Morgan fingerprint density at radius 2 is 0.929 bits per heavy atom. The van der Waals surface area contributed by atoms with Crippen LogP contribution in [0.2, 0.25) is 0 Å². The predicted molar refractivity (Wildman–Crippen MR) is 108 cm³/mol. The highest BCUT2D eigenvalue weighted by Gasteiger charge is 2.26. The molecular formula is C20H20B2O6. The van der Waals surface area contributed by atoms with E-state index < -0.39 is 14.2 Å². The van der Waals surface area contributed by atoms with Gasteiger partial charge in [0.1, 0.15) is 24.7 Å². The lowest BCUT2D eigenvalue weighted by atomic mass is 9.73. The lowest BCUT2D eigenvalue weighted by molar-refractivity contribution is 0.298. The smallest absolute Gasteiger partial charge is 0.489 e. The Morgan fingerprint density at radius 3 is 1.25 bits per heavy atom. The van der Waals surface area contributed by atoms with Crippen LogP contribution in [0.1, 0.15) is 11.1 Å². The van der Waals surface area contributed by atoms with Crippen molar-refractivity contribution in [1.29, 1.82) is 0 Å². The molecule has 8 heteroatoms. The predicted octanol–water partition coefficient (Wildman–Crippen LogP) is 0.204. The van der Waals surface area contributed by atoms with Gasteiger partial charge in [-0.25, -0.2) is 0 Å². The molecule has 0 heterocycles. The van der Waals surface area contributed by atoms with Gasteiger partial charge in [0.25, 0.3) is 0 Å². The van der Waals surface area contributed by atoms with Crippen molar-refractivity contribution in [2.75, 3.05) is 0 Å². The SMILES string of the molecule is OB(O)c1cc(OCc2ccccc2)c(B(O)O)cc1OCc1ccccc1. The molecule has 142 valence electrons. The fourth-order valence-corrected chi connectivity index (χ4v) is 2.72. The summed E-state index contributed by atoms with van der Waals surface area (Å²) in [4.78, 5) is 0. The van der Waals surface area contributed by atoms with Gasteiger partial charge in [-0.15, -0.1) is 0 Å². The lowest BCUT2D eigenvalue weighted by Crippen LogP contribution is -2.37. The topological polar surface area (TPSA) is 99.4 Å². The summed E-state index contributed by atoms with van der Waals surface area (Å²) in [6, 6.07) is 21.4. The summed E-state index contributed by atoms with van der Waals surface area (Å²) in [5.41, 5.74) is 1.92. The highest BCUT2D eigenvalue weighted by Crippen LogP contribution is 2.18. The first-order valence-electron chi connectivity index (χ1n) is 8.78. The Morgan fingerprint density at radius 1 is 0.571 bits per heavy atom. The van der Waals surface area contributed by atoms with E-state index >= 15 is 0 Å². The molecule has 0 radical (unpaired) electrons. The highest BCUT2D eigenvalue weighted by molar-refractivity contribution is 6.62. The minimum absolute atomic E-state index is 0.0726. The molecule has 0 aliphatic heterocycles. The molecule has 28 heavy (non-hydrogen) atoms. The second-order valence-electron chi connectivity index (χ2n) is 6.22. The zero-order valence-corrected chi connectivity index (χ0v) is 15.1. The Hall–Kier alpha value is -2.77. The van der Waals surface area contributed by atoms with Crippen molar-refractivity contribution < 1.29 is 29.6 Å². The first kappa shape index (κ1) is 20.0. The fraction of sp³-hybridized carbons (Fsp3) is 0.100. The molecule has 0 spiro atoms.